The van der Waals surface area contributed by atoms with Crippen molar-refractivity contribution in [2.45, 2.75) is 85.4 Å². The van der Waals surface area contributed by atoms with Gasteiger partial charge in [0, 0.05) is 31.2 Å². The summed E-state index contributed by atoms with van der Waals surface area (Å²) in [5, 5.41) is 3.81. The first-order valence-corrected chi connectivity index (χ1v) is 7.83. The molecule has 2 heteroatoms. The maximum Gasteiger partial charge on any atom is 0.0119 e. The van der Waals surface area contributed by atoms with Crippen LogP contribution in [0.15, 0.2) is 0 Å². The highest BCUT2D eigenvalue weighted by molar-refractivity contribution is 4.88. The fraction of sp³-hybridized carbons (Fsp3) is 1.00. The fourth-order valence-corrected chi connectivity index (χ4v) is 3.35. The van der Waals surface area contributed by atoms with Crippen molar-refractivity contribution >= 4 is 0 Å². The highest BCUT2D eigenvalue weighted by Gasteiger charge is 2.31. The van der Waals surface area contributed by atoms with Crippen LogP contribution in [0.1, 0.15) is 67.2 Å². The predicted octanol–water partition coefficient (Wildman–Crippen LogP) is 3.66. The van der Waals surface area contributed by atoms with E-state index in [1.54, 1.807) is 0 Å². The van der Waals surface area contributed by atoms with Crippen molar-refractivity contribution in [1.82, 2.24) is 10.2 Å². The van der Waals surface area contributed by atoms with Gasteiger partial charge in [0.2, 0.25) is 0 Å². The Balaban J connectivity index is 2.36. The highest BCUT2D eigenvalue weighted by Crippen LogP contribution is 2.35. The lowest BCUT2D eigenvalue weighted by molar-refractivity contribution is 0.143. The van der Waals surface area contributed by atoms with E-state index < -0.39 is 0 Å². The van der Waals surface area contributed by atoms with Crippen molar-refractivity contribution in [2.75, 3.05) is 13.1 Å². The summed E-state index contributed by atoms with van der Waals surface area (Å²) in [4.78, 5) is 2.57. The van der Waals surface area contributed by atoms with Gasteiger partial charge in [0.05, 0.1) is 0 Å². The third-order valence-electron chi connectivity index (χ3n) is 4.59. The molecule has 1 N–H and O–H groups in total. The Hall–Kier alpha value is -0.0800. The summed E-state index contributed by atoms with van der Waals surface area (Å²) in [7, 11) is 0. The molecule has 2 nitrogen and oxygen atoms in total. The standard InChI is InChI=1S/C16H34N2/c1-13(2)18(14(3)4)12-11-17-15-9-7-8-10-16(15,5)6/h13-15,17H,7-12H2,1-6H3. The van der Waals surface area contributed by atoms with Crippen LogP contribution in [0.2, 0.25) is 0 Å². The van der Waals surface area contributed by atoms with Gasteiger partial charge in [-0.3, -0.25) is 4.90 Å². The summed E-state index contributed by atoms with van der Waals surface area (Å²) in [5.41, 5.74) is 0.485. The molecule has 0 aromatic heterocycles. The fourth-order valence-electron chi connectivity index (χ4n) is 3.35. The molecule has 0 bridgehead atoms. The minimum absolute atomic E-state index is 0.485. The first kappa shape index (κ1) is 16.0. The maximum atomic E-state index is 3.81. The first-order valence-electron chi connectivity index (χ1n) is 7.83. The van der Waals surface area contributed by atoms with E-state index in [9.17, 15) is 0 Å². The van der Waals surface area contributed by atoms with Crippen LogP contribution in [0.3, 0.4) is 0 Å². The minimum Gasteiger partial charge on any atom is -0.312 e. The van der Waals surface area contributed by atoms with E-state index in [1.165, 1.54) is 32.2 Å². The molecule has 1 saturated carbocycles. The smallest absolute Gasteiger partial charge is 0.0119 e. The van der Waals surface area contributed by atoms with E-state index in [4.69, 9.17) is 0 Å². The van der Waals surface area contributed by atoms with Crippen LogP contribution in [0.4, 0.5) is 0 Å². The molecule has 0 aromatic rings. The Morgan fingerprint density at radius 3 is 2.22 bits per heavy atom. The summed E-state index contributed by atoms with van der Waals surface area (Å²) in [6.07, 6.45) is 5.55. The number of nitrogens with zero attached hydrogens (tertiary/aromatic N) is 1. The number of hydrogen-bond acceptors (Lipinski definition) is 2. The molecule has 1 aliphatic carbocycles. The zero-order chi connectivity index (χ0) is 13.8. The SMILES string of the molecule is CC(C)N(CCNC1CCCCC1(C)C)C(C)C. The monoisotopic (exact) mass is 254 g/mol. The van der Waals surface area contributed by atoms with Crippen LogP contribution in [0, 0.1) is 5.41 Å². The summed E-state index contributed by atoms with van der Waals surface area (Å²) >= 11 is 0. The van der Waals surface area contributed by atoms with Crippen LogP contribution in [0.5, 0.6) is 0 Å². The number of hydrogen-bond donors (Lipinski definition) is 1. The molecule has 0 radical (unpaired) electrons. The Kier molecular flexibility index (Phi) is 6.13. The van der Waals surface area contributed by atoms with Crippen molar-refractivity contribution in [3.05, 3.63) is 0 Å². The van der Waals surface area contributed by atoms with E-state index in [1.807, 2.05) is 0 Å². The van der Waals surface area contributed by atoms with E-state index in [2.05, 4.69) is 51.8 Å². The third-order valence-corrected chi connectivity index (χ3v) is 4.59. The van der Waals surface area contributed by atoms with Gasteiger partial charge in [-0.15, -0.1) is 0 Å². The van der Waals surface area contributed by atoms with Crippen molar-refractivity contribution in [3.63, 3.8) is 0 Å². The second-order valence-corrected chi connectivity index (χ2v) is 7.17. The average Bonchev–Trinajstić information content (AvgIpc) is 2.24. The summed E-state index contributed by atoms with van der Waals surface area (Å²) in [6.45, 7) is 16.3. The van der Waals surface area contributed by atoms with Gasteiger partial charge in [-0.1, -0.05) is 26.7 Å². The second-order valence-electron chi connectivity index (χ2n) is 7.17. The Labute approximate surface area is 115 Å². The molecule has 18 heavy (non-hydrogen) atoms. The Bertz CT molecular complexity index is 225. The van der Waals surface area contributed by atoms with Gasteiger partial charge in [-0.2, -0.15) is 0 Å². The Morgan fingerprint density at radius 2 is 1.72 bits per heavy atom. The van der Waals surface area contributed by atoms with Crippen molar-refractivity contribution < 1.29 is 0 Å². The van der Waals surface area contributed by atoms with E-state index in [0.29, 0.717) is 23.5 Å². The molecule has 1 rings (SSSR count). The molecule has 0 aliphatic heterocycles. The molecule has 0 saturated heterocycles. The minimum atomic E-state index is 0.485. The molecule has 0 aromatic carbocycles. The van der Waals surface area contributed by atoms with Gasteiger partial charge in [0.25, 0.3) is 0 Å². The average molecular weight is 254 g/mol. The maximum absolute atomic E-state index is 3.81. The van der Waals surface area contributed by atoms with Crippen LogP contribution in [-0.2, 0) is 0 Å². The molecule has 0 spiro atoms. The van der Waals surface area contributed by atoms with Gasteiger partial charge in [0.1, 0.15) is 0 Å². The molecule has 0 heterocycles. The van der Waals surface area contributed by atoms with Gasteiger partial charge >= 0.3 is 0 Å². The quantitative estimate of drug-likeness (QED) is 0.778. The summed E-state index contributed by atoms with van der Waals surface area (Å²) in [5.74, 6) is 0. The van der Waals surface area contributed by atoms with Gasteiger partial charge in [-0.25, -0.2) is 0 Å². The first-order chi connectivity index (χ1) is 8.34. The summed E-state index contributed by atoms with van der Waals surface area (Å²) < 4.78 is 0. The zero-order valence-electron chi connectivity index (χ0n) is 13.4. The van der Waals surface area contributed by atoms with Gasteiger partial charge in [-0.05, 0) is 46.0 Å². The molecule has 1 atom stereocenters. The van der Waals surface area contributed by atoms with E-state index >= 15 is 0 Å². The lowest BCUT2D eigenvalue weighted by Gasteiger charge is -2.40. The van der Waals surface area contributed by atoms with Crippen molar-refractivity contribution in [1.29, 1.82) is 0 Å². The number of nitrogens with one attached hydrogen (secondary N) is 1. The lowest BCUT2D eigenvalue weighted by atomic mass is 9.73. The second kappa shape index (κ2) is 6.91. The van der Waals surface area contributed by atoms with E-state index in [-0.39, 0.29) is 0 Å². The lowest BCUT2D eigenvalue weighted by Crippen LogP contribution is -2.48. The van der Waals surface area contributed by atoms with Crippen LogP contribution in [-0.4, -0.2) is 36.1 Å². The van der Waals surface area contributed by atoms with Crippen LogP contribution in [0.25, 0.3) is 0 Å². The molecule has 108 valence electrons. The largest absolute Gasteiger partial charge is 0.312 e. The molecular formula is C16H34N2. The molecular weight excluding hydrogens is 220 g/mol. The highest BCUT2D eigenvalue weighted by atomic mass is 15.2. The molecule has 0 amide bonds. The molecule has 1 aliphatic rings. The Morgan fingerprint density at radius 1 is 1.11 bits per heavy atom. The van der Waals surface area contributed by atoms with Gasteiger partial charge < -0.3 is 5.32 Å². The van der Waals surface area contributed by atoms with Crippen molar-refractivity contribution in [2.24, 2.45) is 5.41 Å². The predicted molar refractivity (Wildman–Crippen MR) is 81.0 cm³/mol. The number of rotatable bonds is 6. The van der Waals surface area contributed by atoms with Crippen molar-refractivity contribution in [3.8, 4) is 0 Å². The van der Waals surface area contributed by atoms with Crippen LogP contribution >= 0.6 is 0 Å². The zero-order valence-corrected chi connectivity index (χ0v) is 13.4. The normalized spacial score (nSPS) is 24.2. The topological polar surface area (TPSA) is 15.3 Å². The third kappa shape index (κ3) is 4.55. The molecule has 1 fully saturated rings. The molecule has 1 unspecified atom stereocenters. The summed E-state index contributed by atoms with van der Waals surface area (Å²) in [6, 6.07) is 2.00. The van der Waals surface area contributed by atoms with Gasteiger partial charge in [0.15, 0.2) is 0 Å². The van der Waals surface area contributed by atoms with Crippen LogP contribution < -0.4 is 5.32 Å². The van der Waals surface area contributed by atoms with E-state index in [0.717, 1.165) is 6.54 Å².